The van der Waals surface area contributed by atoms with E-state index in [0.717, 1.165) is 30.5 Å². The number of nitrogens with zero attached hydrogens (tertiary/aromatic N) is 4. The van der Waals surface area contributed by atoms with Crippen molar-refractivity contribution in [3.63, 3.8) is 0 Å². The summed E-state index contributed by atoms with van der Waals surface area (Å²) in [6, 6.07) is 1.56. The first kappa shape index (κ1) is 22.6. The normalized spacial score (nSPS) is 14.6. The molecular formula is C20H19F4N5O4. The number of halogens is 4. The molecular weight excluding hydrogens is 450 g/mol. The van der Waals surface area contributed by atoms with Gasteiger partial charge in [0.05, 0.1) is 11.8 Å². The minimum Gasteiger partial charge on any atom is -0.480 e. The lowest BCUT2D eigenvalue weighted by atomic mass is 10.1. The molecule has 3 heterocycles. The molecule has 176 valence electrons. The van der Waals surface area contributed by atoms with Crippen molar-refractivity contribution in [3.05, 3.63) is 51.6 Å². The Kier molecular flexibility index (Phi) is 5.72. The Morgan fingerprint density at radius 2 is 2.06 bits per heavy atom. The standard InChI is InChI=1S/C20H19F4N5O4/c1-10-9-25-33-18(10)26-17(30)12-7-13(21)14(8-15(12)32-11(2)20(22,23)24)29-19(31)28-6-4-3-5-16(28)27-29/h7-9,11H,3-6H2,1-2H3,(H,26,30)/t11-/m0/s1. The van der Waals surface area contributed by atoms with Gasteiger partial charge in [-0.05, 0) is 32.8 Å². The smallest absolute Gasteiger partial charge is 0.425 e. The van der Waals surface area contributed by atoms with Crippen LogP contribution in [-0.2, 0) is 13.0 Å². The van der Waals surface area contributed by atoms with Crippen molar-refractivity contribution >= 4 is 11.8 Å². The number of benzene rings is 1. The lowest BCUT2D eigenvalue weighted by Crippen LogP contribution is -2.32. The van der Waals surface area contributed by atoms with Gasteiger partial charge >= 0.3 is 11.9 Å². The molecule has 1 aromatic carbocycles. The average Bonchev–Trinajstić information content (AvgIpc) is 3.31. The molecule has 0 fully saturated rings. The van der Waals surface area contributed by atoms with Crippen LogP contribution in [0.2, 0.25) is 0 Å². The number of carbonyl (C=O) groups is 1. The maximum atomic E-state index is 15.0. The summed E-state index contributed by atoms with van der Waals surface area (Å²) in [6.45, 7) is 2.72. The second-order valence-electron chi connectivity index (χ2n) is 7.61. The first-order valence-electron chi connectivity index (χ1n) is 10.0. The molecule has 13 heteroatoms. The van der Waals surface area contributed by atoms with Crippen LogP contribution in [0.1, 0.15) is 41.5 Å². The Balaban J connectivity index is 1.79. The van der Waals surface area contributed by atoms with E-state index in [0.29, 0.717) is 30.4 Å². The van der Waals surface area contributed by atoms with Crippen LogP contribution < -0.4 is 15.7 Å². The van der Waals surface area contributed by atoms with Gasteiger partial charge < -0.3 is 9.26 Å². The van der Waals surface area contributed by atoms with Crippen LogP contribution in [0.3, 0.4) is 0 Å². The highest BCUT2D eigenvalue weighted by atomic mass is 19.4. The molecule has 0 aliphatic carbocycles. The molecule has 0 unspecified atom stereocenters. The van der Waals surface area contributed by atoms with Gasteiger partial charge in [0.2, 0.25) is 5.88 Å². The zero-order valence-electron chi connectivity index (χ0n) is 17.6. The number of anilines is 1. The quantitative estimate of drug-likeness (QED) is 0.575. The van der Waals surface area contributed by atoms with Gasteiger partial charge in [-0.25, -0.2) is 9.18 Å². The molecule has 1 atom stereocenters. The number of hydrogen-bond acceptors (Lipinski definition) is 6. The Hall–Kier alpha value is -3.64. The number of carbonyl (C=O) groups excluding carboxylic acids is 1. The molecule has 0 radical (unpaired) electrons. The van der Waals surface area contributed by atoms with Crippen molar-refractivity contribution in [2.45, 2.75) is 51.9 Å². The largest absolute Gasteiger partial charge is 0.480 e. The number of aromatic nitrogens is 4. The topological polar surface area (TPSA) is 104 Å². The van der Waals surface area contributed by atoms with E-state index in [1.165, 1.54) is 10.8 Å². The highest BCUT2D eigenvalue weighted by Crippen LogP contribution is 2.31. The van der Waals surface area contributed by atoms with E-state index in [1.54, 1.807) is 6.92 Å². The molecule has 4 rings (SSSR count). The van der Waals surface area contributed by atoms with Crippen molar-refractivity contribution in [1.29, 1.82) is 0 Å². The number of hydrogen-bond donors (Lipinski definition) is 1. The number of alkyl halides is 3. The maximum Gasteiger partial charge on any atom is 0.425 e. The monoisotopic (exact) mass is 469 g/mol. The fourth-order valence-electron chi connectivity index (χ4n) is 3.37. The summed E-state index contributed by atoms with van der Waals surface area (Å²) in [7, 11) is 0. The van der Waals surface area contributed by atoms with Crippen LogP contribution in [0.5, 0.6) is 5.75 Å². The third-order valence-corrected chi connectivity index (χ3v) is 5.23. The van der Waals surface area contributed by atoms with E-state index >= 15 is 4.39 Å². The van der Waals surface area contributed by atoms with Gasteiger partial charge in [0.25, 0.3) is 5.91 Å². The van der Waals surface area contributed by atoms with Crippen molar-refractivity contribution in [2.24, 2.45) is 0 Å². The summed E-state index contributed by atoms with van der Waals surface area (Å²) < 4.78 is 66.5. The lowest BCUT2D eigenvalue weighted by molar-refractivity contribution is -0.189. The molecule has 0 saturated heterocycles. The van der Waals surface area contributed by atoms with E-state index < -0.39 is 46.7 Å². The Bertz CT molecular complexity index is 1260. The van der Waals surface area contributed by atoms with E-state index in [-0.39, 0.29) is 5.88 Å². The number of ether oxygens (including phenoxy) is 1. The van der Waals surface area contributed by atoms with Crippen molar-refractivity contribution in [2.75, 3.05) is 5.32 Å². The second-order valence-corrected chi connectivity index (χ2v) is 7.61. The minimum absolute atomic E-state index is 0.0581. The zero-order chi connectivity index (χ0) is 23.9. The summed E-state index contributed by atoms with van der Waals surface area (Å²) in [4.78, 5) is 25.4. The molecule has 0 spiro atoms. The summed E-state index contributed by atoms with van der Waals surface area (Å²) >= 11 is 0. The average molecular weight is 469 g/mol. The molecule has 3 aromatic rings. The molecule has 1 N–H and O–H groups in total. The highest BCUT2D eigenvalue weighted by molar-refractivity contribution is 6.06. The fraction of sp³-hybridized carbons (Fsp3) is 0.400. The molecule has 0 saturated carbocycles. The third-order valence-electron chi connectivity index (χ3n) is 5.23. The van der Waals surface area contributed by atoms with E-state index in [1.807, 2.05) is 0 Å². The number of nitrogens with one attached hydrogen (secondary N) is 1. The first-order chi connectivity index (χ1) is 15.6. The number of amides is 1. The predicted molar refractivity (Wildman–Crippen MR) is 106 cm³/mol. The van der Waals surface area contributed by atoms with Gasteiger partial charge in [0.15, 0.2) is 6.10 Å². The van der Waals surface area contributed by atoms with E-state index in [2.05, 4.69) is 15.6 Å². The molecule has 1 aliphatic rings. The van der Waals surface area contributed by atoms with Crippen LogP contribution in [0, 0.1) is 12.7 Å². The van der Waals surface area contributed by atoms with Crippen molar-refractivity contribution < 1.29 is 31.6 Å². The van der Waals surface area contributed by atoms with Gasteiger partial charge in [-0.2, -0.15) is 17.9 Å². The van der Waals surface area contributed by atoms with Gasteiger partial charge in [-0.1, -0.05) is 5.16 Å². The summed E-state index contributed by atoms with van der Waals surface area (Å²) in [6.07, 6.45) is -3.70. The summed E-state index contributed by atoms with van der Waals surface area (Å²) in [5.74, 6) is -2.22. The third kappa shape index (κ3) is 4.34. The Morgan fingerprint density at radius 1 is 1.30 bits per heavy atom. The van der Waals surface area contributed by atoms with Crippen molar-refractivity contribution in [1.82, 2.24) is 19.5 Å². The molecule has 33 heavy (non-hydrogen) atoms. The lowest BCUT2D eigenvalue weighted by Gasteiger charge is -2.20. The fourth-order valence-corrected chi connectivity index (χ4v) is 3.37. The number of fused-ring (bicyclic) bond motifs is 1. The van der Waals surface area contributed by atoms with Crippen LogP contribution in [0.4, 0.5) is 23.4 Å². The van der Waals surface area contributed by atoms with Crippen LogP contribution in [-0.4, -0.2) is 37.7 Å². The van der Waals surface area contributed by atoms with Gasteiger partial charge in [-0.3, -0.25) is 14.7 Å². The van der Waals surface area contributed by atoms with Crippen LogP contribution >= 0.6 is 0 Å². The van der Waals surface area contributed by atoms with Crippen LogP contribution in [0.25, 0.3) is 5.69 Å². The molecule has 9 nitrogen and oxygen atoms in total. The van der Waals surface area contributed by atoms with Crippen LogP contribution in [0.15, 0.2) is 27.6 Å². The molecule has 1 aliphatic heterocycles. The second kappa shape index (κ2) is 8.37. The SMILES string of the molecule is Cc1cnoc1NC(=O)c1cc(F)c(-n2nc3n(c2=O)CCCC3)cc1O[C@@H](C)C(F)(F)F. The number of rotatable bonds is 5. The Labute approximate surface area is 183 Å². The highest BCUT2D eigenvalue weighted by Gasteiger charge is 2.39. The Morgan fingerprint density at radius 3 is 2.70 bits per heavy atom. The van der Waals surface area contributed by atoms with Gasteiger partial charge in [0, 0.05) is 24.6 Å². The molecule has 1 amide bonds. The van der Waals surface area contributed by atoms with Gasteiger partial charge in [0.1, 0.15) is 23.1 Å². The van der Waals surface area contributed by atoms with Crippen molar-refractivity contribution in [3.8, 4) is 11.4 Å². The molecule has 0 bridgehead atoms. The molecule has 2 aromatic heterocycles. The first-order valence-corrected chi connectivity index (χ1v) is 10.0. The van der Waals surface area contributed by atoms with E-state index in [4.69, 9.17) is 9.26 Å². The van der Waals surface area contributed by atoms with E-state index in [9.17, 15) is 22.8 Å². The summed E-state index contributed by atoms with van der Waals surface area (Å²) in [5, 5.41) is 9.93. The predicted octanol–water partition coefficient (Wildman–Crippen LogP) is 3.39. The maximum absolute atomic E-state index is 15.0. The zero-order valence-corrected chi connectivity index (χ0v) is 17.6. The number of aryl methyl sites for hydroxylation is 2. The summed E-state index contributed by atoms with van der Waals surface area (Å²) in [5.41, 5.74) is -1.14. The minimum atomic E-state index is -4.76. The van der Waals surface area contributed by atoms with Gasteiger partial charge in [-0.15, -0.1) is 5.10 Å².